The van der Waals surface area contributed by atoms with E-state index in [9.17, 15) is 0 Å². The molecule has 0 bridgehead atoms. The number of hydrogen-bond donors (Lipinski definition) is 2. The lowest BCUT2D eigenvalue weighted by Crippen LogP contribution is -2.33. The van der Waals surface area contributed by atoms with Crippen molar-refractivity contribution in [3.8, 4) is 0 Å². The molecular formula is C17H25N3. The molecule has 2 aromatic rings. The third-order valence-electron chi connectivity index (χ3n) is 4.80. The summed E-state index contributed by atoms with van der Waals surface area (Å²) in [6, 6.07) is 6.57. The van der Waals surface area contributed by atoms with Gasteiger partial charge in [0.25, 0.3) is 0 Å². The van der Waals surface area contributed by atoms with Gasteiger partial charge in [0.15, 0.2) is 0 Å². The second-order valence-corrected chi connectivity index (χ2v) is 7.26. The first-order valence-electron chi connectivity index (χ1n) is 7.65. The normalized spacial score (nSPS) is 18.8. The van der Waals surface area contributed by atoms with Crippen LogP contribution in [0, 0.1) is 0 Å². The van der Waals surface area contributed by atoms with E-state index in [0.29, 0.717) is 6.54 Å². The molecule has 3 rings (SSSR count). The molecule has 1 heterocycles. The van der Waals surface area contributed by atoms with Gasteiger partial charge in [-0.05, 0) is 36.0 Å². The van der Waals surface area contributed by atoms with Crippen molar-refractivity contribution in [1.82, 2.24) is 9.97 Å². The lowest BCUT2D eigenvalue weighted by atomic mass is 9.85. The maximum absolute atomic E-state index is 6.06. The van der Waals surface area contributed by atoms with Crippen molar-refractivity contribution < 1.29 is 0 Å². The molecule has 0 aliphatic heterocycles. The van der Waals surface area contributed by atoms with Crippen LogP contribution in [-0.2, 0) is 10.8 Å². The van der Waals surface area contributed by atoms with Gasteiger partial charge in [-0.1, -0.05) is 39.7 Å². The highest BCUT2D eigenvalue weighted by molar-refractivity contribution is 5.76. The Morgan fingerprint density at radius 3 is 2.55 bits per heavy atom. The largest absolute Gasteiger partial charge is 0.341 e. The van der Waals surface area contributed by atoms with E-state index in [0.717, 1.165) is 29.7 Å². The second kappa shape index (κ2) is 4.59. The van der Waals surface area contributed by atoms with Crippen molar-refractivity contribution in [1.29, 1.82) is 0 Å². The van der Waals surface area contributed by atoms with Gasteiger partial charge in [0.2, 0.25) is 0 Å². The zero-order chi connectivity index (χ0) is 14.4. The number of nitrogens with two attached hydrogens (primary N) is 1. The molecule has 1 aromatic heterocycles. The predicted molar refractivity (Wildman–Crippen MR) is 84.0 cm³/mol. The number of benzene rings is 1. The molecular weight excluding hydrogens is 246 g/mol. The second-order valence-electron chi connectivity index (χ2n) is 7.26. The quantitative estimate of drug-likeness (QED) is 0.876. The van der Waals surface area contributed by atoms with Crippen molar-refractivity contribution in [3.63, 3.8) is 0 Å². The van der Waals surface area contributed by atoms with Crippen molar-refractivity contribution >= 4 is 11.0 Å². The van der Waals surface area contributed by atoms with Crippen LogP contribution < -0.4 is 5.73 Å². The smallest absolute Gasteiger partial charge is 0.114 e. The monoisotopic (exact) mass is 271 g/mol. The Bertz CT molecular complexity index is 613. The van der Waals surface area contributed by atoms with E-state index in [4.69, 9.17) is 10.7 Å². The van der Waals surface area contributed by atoms with Crippen LogP contribution in [0.3, 0.4) is 0 Å². The molecule has 0 spiro atoms. The van der Waals surface area contributed by atoms with E-state index < -0.39 is 0 Å². The molecule has 0 radical (unpaired) electrons. The van der Waals surface area contributed by atoms with Gasteiger partial charge in [0.1, 0.15) is 5.82 Å². The van der Waals surface area contributed by atoms with Crippen LogP contribution in [-0.4, -0.2) is 16.5 Å². The van der Waals surface area contributed by atoms with Gasteiger partial charge in [-0.3, -0.25) is 0 Å². The Morgan fingerprint density at radius 2 is 1.95 bits per heavy atom. The van der Waals surface area contributed by atoms with Crippen molar-refractivity contribution in [3.05, 3.63) is 29.6 Å². The molecule has 1 aliphatic carbocycles. The Balaban J connectivity index is 2.07. The molecule has 1 fully saturated rings. The Kier molecular flexibility index (Phi) is 3.13. The van der Waals surface area contributed by atoms with Crippen LogP contribution in [0.25, 0.3) is 11.0 Å². The maximum atomic E-state index is 6.06. The summed E-state index contributed by atoms with van der Waals surface area (Å²) in [6.07, 6.45) is 4.86. The first kappa shape index (κ1) is 13.6. The zero-order valence-electron chi connectivity index (χ0n) is 12.8. The standard InChI is InChI=1S/C17H25N3/c1-16(2,3)12-6-7-13-14(10-12)20-15(19-13)17(11-18)8-4-5-9-17/h6-7,10H,4-5,8-9,11,18H2,1-3H3,(H,19,20). The van der Waals surface area contributed by atoms with E-state index in [1.165, 1.54) is 18.4 Å². The van der Waals surface area contributed by atoms with E-state index in [-0.39, 0.29) is 10.8 Å². The van der Waals surface area contributed by atoms with E-state index in [2.05, 4.69) is 44.0 Å². The molecule has 1 aliphatic rings. The number of aromatic nitrogens is 2. The summed E-state index contributed by atoms with van der Waals surface area (Å²) >= 11 is 0. The molecule has 3 heteroatoms. The number of nitrogens with one attached hydrogen (secondary N) is 1. The van der Waals surface area contributed by atoms with Crippen LogP contribution in [0.2, 0.25) is 0 Å². The zero-order valence-corrected chi connectivity index (χ0v) is 12.8. The predicted octanol–water partition coefficient (Wildman–Crippen LogP) is 3.63. The van der Waals surface area contributed by atoms with Crippen LogP contribution in [0.1, 0.15) is 57.8 Å². The van der Waals surface area contributed by atoms with Gasteiger partial charge in [0.05, 0.1) is 11.0 Å². The van der Waals surface area contributed by atoms with Crippen LogP contribution in [0.4, 0.5) is 0 Å². The number of hydrogen-bond acceptors (Lipinski definition) is 2. The van der Waals surface area contributed by atoms with Gasteiger partial charge in [-0.15, -0.1) is 0 Å². The van der Waals surface area contributed by atoms with Crippen molar-refractivity contribution in [2.45, 2.75) is 57.3 Å². The molecule has 0 unspecified atom stereocenters. The molecule has 108 valence electrons. The Morgan fingerprint density at radius 1 is 1.25 bits per heavy atom. The van der Waals surface area contributed by atoms with Gasteiger partial charge in [-0.2, -0.15) is 0 Å². The fourth-order valence-corrected chi connectivity index (χ4v) is 3.32. The minimum absolute atomic E-state index is 0.0842. The van der Waals surface area contributed by atoms with Gasteiger partial charge in [0, 0.05) is 12.0 Å². The highest BCUT2D eigenvalue weighted by Gasteiger charge is 2.37. The average Bonchev–Trinajstić information content (AvgIpc) is 3.04. The van der Waals surface area contributed by atoms with Crippen LogP contribution >= 0.6 is 0 Å². The number of nitrogens with zero attached hydrogens (tertiary/aromatic N) is 1. The fraction of sp³-hybridized carbons (Fsp3) is 0.588. The first-order valence-corrected chi connectivity index (χ1v) is 7.65. The maximum Gasteiger partial charge on any atom is 0.114 e. The SMILES string of the molecule is CC(C)(C)c1ccc2nc(C3(CN)CCCC3)[nH]c2c1. The average molecular weight is 271 g/mol. The van der Waals surface area contributed by atoms with E-state index >= 15 is 0 Å². The van der Waals surface area contributed by atoms with Crippen LogP contribution in [0.15, 0.2) is 18.2 Å². The Hall–Kier alpha value is -1.35. The molecule has 1 aromatic carbocycles. The number of H-pyrrole nitrogens is 1. The molecule has 20 heavy (non-hydrogen) atoms. The summed E-state index contributed by atoms with van der Waals surface area (Å²) in [4.78, 5) is 8.38. The minimum Gasteiger partial charge on any atom is -0.341 e. The molecule has 3 N–H and O–H groups in total. The van der Waals surface area contributed by atoms with Gasteiger partial charge >= 0.3 is 0 Å². The van der Waals surface area contributed by atoms with Crippen LogP contribution in [0.5, 0.6) is 0 Å². The summed E-state index contributed by atoms with van der Waals surface area (Å²) in [7, 11) is 0. The van der Waals surface area contributed by atoms with E-state index in [1.807, 2.05) is 0 Å². The molecule has 0 atom stereocenters. The number of aromatic amines is 1. The van der Waals surface area contributed by atoms with Gasteiger partial charge < -0.3 is 10.7 Å². The summed E-state index contributed by atoms with van der Waals surface area (Å²) in [5, 5.41) is 0. The highest BCUT2D eigenvalue weighted by atomic mass is 15.0. The first-order chi connectivity index (χ1) is 9.44. The summed E-state index contributed by atoms with van der Waals surface area (Å²) in [6.45, 7) is 7.41. The summed E-state index contributed by atoms with van der Waals surface area (Å²) in [5.74, 6) is 1.10. The Labute approximate surface area is 121 Å². The fourth-order valence-electron chi connectivity index (χ4n) is 3.32. The highest BCUT2D eigenvalue weighted by Crippen LogP contribution is 2.39. The molecule has 0 amide bonds. The molecule has 1 saturated carbocycles. The number of imidazole rings is 1. The van der Waals surface area contributed by atoms with E-state index in [1.54, 1.807) is 0 Å². The molecule has 0 saturated heterocycles. The van der Waals surface area contributed by atoms with Gasteiger partial charge in [-0.25, -0.2) is 4.98 Å². The molecule has 3 nitrogen and oxygen atoms in total. The summed E-state index contributed by atoms with van der Waals surface area (Å²) in [5.41, 5.74) is 9.86. The lowest BCUT2D eigenvalue weighted by molar-refractivity contribution is 0.430. The van der Waals surface area contributed by atoms with Crippen molar-refractivity contribution in [2.75, 3.05) is 6.54 Å². The number of fused-ring (bicyclic) bond motifs is 1. The number of rotatable bonds is 2. The third kappa shape index (κ3) is 2.14. The topological polar surface area (TPSA) is 54.7 Å². The van der Waals surface area contributed by atoms with Crippen molar-refractivity contribution in [2.24, 2.45) is 5.73 Å². The summed E-state index contributed by atoms with van der Waals surface area (Å²) < 4.78 is 0. The third-order valence-corrected chi connectivity index (χ3v) is 4.80. The minimum atomic E-state index is 0.0842. The lowest BCUT2D eigenvalue weighted by Gasteiger charge is -2.24.